The Kier molecular flexibility index (Phi) is 6.59. The van der Waals surface area contributed by atoms with Gasteiger partial charge in [-0.25, -0.2) is 0 Å². The first kappa shape index (κ1) is 19.7. The third-order valence-electron chi connectivity index (χ3n) is 3.60. The summed E-state index contributed by atoms with van der Waals surface area (Å²) >= 11 is 0. The molecule has 2 rings (SSSR count). The fourth-order valence-corrected chi connectivity index (χ4v) is 2.81. The maximum absolute atomic E-state index is 12.1. The summed E-state index contributed by atoms with van der Waals surface area (Å²) in [6.45, 7) is 2.43. The van der Waals surface area contributed by atoms with E-state index >= 15 is 0 Å². The SMILES string of the molecule is CCOc1ccc(CCC(=O)Nc2ccc(S(=O)(=O)O)cc2)cc1OC. The van der Waals surface area contributed by atoms with E-state index in [1.54, 1.807) is 7.11 Å². The van der Waals surface area contributed by atoms with Crippen LogP contribution in [0.4, 0.5) is 5.69 Å². The predicted molar refractivity (Wildman–Crippen MR) is 97.4 cm³/mol. The van der Waals surface area contributed by atoms with Gasteiger partial charge in [-0.05, 0) is 55.3 Å². The number of carbonyl (C=O) groups excluding carboxylic acids is 1. The number of carbonyl (C=O) groups is 1. The van der Waals surface area contributed by atoms with Crippen LogP contribution in [0.15, 0.2) is 47.4 Å². The van der Waals surface area contributed by atoms with E-state index in [1.807, 2.05) is 25.1 Å². The summed E-state index contributed by atoms with van der Waals surface area (Å²) in [6.07, 6.45) is 0.759. The largest absolute Gasteiger partial charge is 0.493 e. The van der Waals surface area contributed by atoms with Crippen molar-refractivity contribution >= 4 is 21.7 Å². The number of amides is 1. The molecule has 7 nitrogen and oxygen atoms in total. The van der Waals surface area contributed by atoms with E-state index in [9.17, 15) is 13.2 Å². The molecule has 0 heterocycles. The van der Waals surface area contributed by atoms with Crippen LogP contribution in [0.25, 0.3) is 0 Å². The molecule has 0 saturated carbocycles. The Balaban J connectivity index is 1.94. The molecule has 0 aliphatic heterocycles. The standard InChI is InChI=1S/C18H21NO6S/c1-3-25-16-10-4-13(12-17(16)24-2)5-11-18(20)19-14-6-8-15(9-7-14)26(21,22)23/h4,6-10,12H,3,5,11H2,1-2H3,(H,19,20)(H,21,22,23). The van der Waals surface area contributed by atoms with Crippen LogP contribution in [0.5, 0.6) is 11.5 Å². The molecule has 26 heavy (non-hydrogen) atoms. The fourth-order valence-electron chi connectivity index (χ4n) is 2.33. The van der Waals surface area contributed by atoms with Crippen LogP contribution in [0.1, 0.15) is 18.9 Å². The van der Waals surface area contributed by atoms with Gasteiger partial charge in [0.15, 0.2) is 11.5 Å². The lowest BCUT2D eigenvalue weighted by Gasteiger charge is -2.11. The van der Waals surface area contributed by atoms with Crippen molar-refractivity contribution in [2.24, 2.45) is 0 Å². The van der Waals surface area contributed by atoms with Gasteiger partial charge in [0.2, 0.25) is 5.91 Å². The molecule has 0 aromatic heterocycles. The maximum atomic E-state index is 12.1. The van der Waals surface area contributed by atoms with E-state index in [4.69, 9.17) is 14.0 Å². The highest BCUT2D eigenvalue weighted by atomic mass is 32.2. The first-order valence-electron chi connectivity index (χ1n) is 8.00. The number of ether oxygens (including phenoxy) is 2. The molecule has 0 saturated heterocycles. The predicted octanol–water partition coefficient (Wildman–Crippen LogP) is 2.91. The molecule has 140 valence electrons. The Morgan fingerprint density at radius 1 is 1.12 bits per heavy atom. The van der Waals surface area contributed by atoms with Crippen LogP contribution in [0, 0.1) is 0 Å². The molecule has 0 aliphatic rings. The second-order valence-electron chi connectivity index (χ2n) is 5.47. The number of hydrogen-bond acceptors (Lipinski definition) is 5. The van der Waals surface area contributed by atoms with Crippen molar-refractivity contribution in [3.05, 3.63) is 48.0 Å². The number of nitrogens with one attached hydrogen (secondary N) is 1. The summed E-state index contributed by atoms with van der Waals surface area (Å²) in [6, 6.07) is 10.8. The molecular formula is C18H21NO6S. The number of anilines is 1. The summed E-state index contributed by atoms with van der Waals surface area (Å²) in [4.78, 5) is 11.8. The van der Waals surface area contributed by atoms with Gasteiger partial charge in [-0.2, -0.15) is 8.42 Å². The minimum absolute atomic E-state index is 0.211. The molecule has 0 radical (unpaired) electrons. The minimum atomic E-state index is -4.24. The lowest BCUT2D eigenvalue weighted by atomic mass is 10.1. The molecule has 0 bridgehead atoms. The van der Waals surface area contributed by atoms with Gasteiger partial charge in [0.25, 0.3) is 10.1 Å². The van der Waals surface area contributed by atoms with Gasteiger partial charge < -0.3 is 14.8 Å². The maximum Gasteiger partial charge on any atom is 0.294 e. The summed E-state index contributed by atoms with van der Waals surface area (Å²) in [5.41, 5.74) is 1.38. The normalized spacial score (nSPS) is 11.0. The van der Waals surface area contributed by atoms with Gasteiger partial charge >= 0.3 is 0 Å². The lowest BCUT2D eigenvalue weighted by molar-refractivity contribution is -0.116. The van der Waals surface area contributed by atoms with Crippen molar-refractivity contribution in [2.75, 3.05) is 19.0 Å². The molecule has 0 aliphatic carbocycles. The Labute approximate surface area is 152 Å². The summed E-state index contributed by atoms with van der Waals surface area (Å²) in [5.74, 6) is 1.06. The zero-order chi connectivity index (χ0) is 19.2. The van der Waals surface area contributed by atoms with Crippen LogP contribution >= 0.6 is 0 Å². The molecule has 1 amide bonds. The number of rotatable bonds is 8. The Morgan fingerprint density at radius 2 is 1.81 bits per heavy atom. The van der Waals surface area contributed by atoms with Crippen molar-refractivity contribution in [1.82, 2.24) is 0 Å². The molecule has 0 atom stereocenters. The van der Waals surface area contributed by atoms with Crippen molar-refractivity contribution < 1.29 is 27.2 Å². The van der Waals surface area contributed by atoms with Crippen molar-refractivity contribution in [3.8, 4) is 11.5 Å². The molecule has 0 spiro atoms. The minimum Gasteiger partial charge on any atom is -0.493 e. The van der Waals surface area contributed by atoms with E-state index in [0.29, 0.717) is 30.2 Å². The third-order valence-corrected chi connectivity index (χ3v) is 4.47. The number of aryl methyl sites for hydroxylation is 1. The smallest absolute Gasteiger partial charge is 0.294 e. The fraction of sp³-hybridized carbons (Fsp3) is 0.278. The molecule has 8 heteroatoms. The van der Waals surface area contributed by atoms with E-state index in [2.05, 4.69) is 5.32 Å². The molecule has 2 aromatic rings. The van der Waals surface area contributed by atoms with E-state index in [-0.39, 0.29) is 17.2 Å². The second kappa shape index (κ2) is 8.68. The molecule has 2 aromatic carbocycles. The van der Waals surface area contributed by atoms with Gasteiger partial charge in [0.1, 0.15) is 0 Å². The van der Waals surface area contributed by atoms with E-state index in [1.165, 1.54) is 24.3 Å². The third kappa shape index (κ3) is 5.47. The molecular weight excluding hydrogens is 358 g/mol. The van der Waals surface area contributed by atoms with Gasteiger partial charge in [0.05, 0.1) is 18.6 Å². The zero-order valence-corrected chi connectivity index (χ0v) is 15.4. The highest BCUT2D eigenvalue weighted by Crippen LogP contribution is 2.28. The van der Waals surface area contributed by atoms with Crippen LogP contribution in [0.3, 0.4) is 0 Å². The van der Waals surface area contributed by atoms with Gasteiger partial charge in [0, 0.05) is 12.1 Å². The first-order chi connectivity index (χ1) is 12.3. The number of hydrogen-bond donors (Lipinski definition) is 2. The van der Waals surface area contributed by atoms with Crippen molar-refractivity contribution in [3.63, 3.8) is 0 Å². The Hall–Kier alpha value is -2.58. The van der Waals surface area contributed by atoms with Crippen molar-refractivity contribution in [2.45, 2.75) is 24.7 Å². The average molecular weight is 379 g/mol. The quantitative estimate of drug-likeness (QED) is 0.684. The number of methoxy groups -OCH3 is 1. The van der Waals surface area contributed by atoms with E-state index in [0.717, 1.165) is 5.56 Å². The van der Waals surface area contributed by atoms with Gasteiger partial charge in [-0.15, -0.1) is 0 Å². The zero-order valence-electron chi connectivity index (χ0n) is 14.6. The molecule has 2 N–H and O–H groups in total. The lowest BCUT2D eigenvalue weighted by Crippen LogP contribution is -2.12. The summed E-state index contributed by atoms with van der Waals surface area (Å²) in [5, 5.41) is 2.68. The topological polar surface area (TPSA) is 102 Å². The van der Waals surface area contributed by atoms with Crippen LogP contribution in [0.2, 0.25) is 0 Å². The number of benzene rings is 2. The van der Waals surface area contributed by atoms with E-state index < -0.39 is 10.1 Å². The average Bonchev–Trinajstić information content (AvgIpc) is 2.60. The highest BCUT2D eigenvalue weighted by Gasteiger charge is 2.10. The van der Waals surface area contributed by atoms with Crippen LogP contribution in [-0.2, 0) is 21.3 Å². The Morgan fingerprint density at radius 3 is 2.38 bits per heavy atom. The highest BCUT2D eigenvalue weighted by molar-refractivity contribution is 7.85. The summed E-state index contributed by atoms with van der Waals surface area (Å²) in [7, 11) is -2.68. The van der Waals surface area contributed by atoms with Crippen molar-refractivity contribution in [1.29, 1.82) is 0 Å². The Bertz CT molecular complexity index is 862. The molecule has 0 fully saturated rings. The monoisotopic (exact) mass is 379 g/mol. The van der Waals surface area contributed by atoms with Gasteiger partial charge in [-0.3, -0.25) is 9.35 Å². The van der Waals surface area contributed by atoms with Gasteiger partial charge in [-0.1, -0.05) is 6.07 Å². The van der Waals surface area contributed by atoms with Crippen LogP contribution < -0.4 is 14.8 Å². The molecule has 0 unspecified atom stereocenters. The summed E-state index contributed by atoms with van der Waals surface area (Å²) < 4.78 is 41.7. The first-order valence-corrected chi connectivity index (χ1v) is 9.44. The van der Waals surface area contributed by atoms with Crippen LogP contribution in [-0.4, -0.2) is 32.6 Å². The second-order valence-corrected chi connectivity index (χ2v) is 6.89.